The first-order valence-electron chi connectivity index (χ1n) is 8.77. The van der Waals surface area contributed by atoms with Crippen molar-refractivity contribution < 1.29 is 19.1 Å². The van der Waals surface area contributed by atoms with Crippen molar-refractivity contribution in [3.63, 3.8) is 0 Å². The predicted molar refractivity (Wildman–Crippen MR) is 97.2 cm³/mol. The summed E-state index contributed by atoms with van der Waals surface area (Å²) in [5.41, 5.74) is 0.793. The standard InChI is InChI=1S/C17H19N5O4S/c1-10(23)12-6-14-15(26-9-25-14)7-13(12)18-16(24)8-27-17-19-20-21-22(17)11-4-2-3-5-11/h6-7,11H,2-5,8-9H2,1H3,(H,18,24). The summed E-state index contributed by atoms with van der Waals surface area (Å²) >= 11 is 1.28. The summed E-state index contributed by atoms with van der Waals surface area (Å²) in [6, 6.07) is 3.52. The number of nitrogens with zero attached hydrogens (tertiary/aromatic N) is 4. The second-order valence-corrected chi connectivity index (χ2v) is 7.43. The third-order valence-electron chi connectivity index (χ3n) is 4.63. The van der Waals surface area contributed by atoms with E-state index in [2.05, 4.69) is 20.8 Å². The highest BCUT2D eigenvalue weighted by Crippen LogP contribution is 2.37. The first kappa shape index (κ1) is 17.8. The molecule has 2 heterocycles. The molecular weight excluding hydrogens is 370 g/mol. The molecule has 1 aromatic heterocycles. The van der Waals surface area contributed by atoms with E-state index in [9.17, 15) is 9.59 Å². The highest BCUT2D eigenvalue weighted by molar-refractivity contribution is 7.99. The lowest BCUT2D eigenvalue weighted by Gasteiger charge is -2.12. The van der Waals surface area contributed by atoms with Crippen molar-refractivity contribution in [2.45, 2.75) is 43.8 Å². The van der Waals surface area contributed by atoms with Gasteiger partial charge in [-0.2, -0.15) is 0 Å². The number of aromatic nitrogens is 4. The second-order valence-electron chi connectivity index (χ2n) is 6.49. The van der Waals surface area contributed by atoms with E-state index in [0.717, 1.165) is 12.8 Å². The normalized spacial score (nSPS) is 15.9. The SMILES string of the molecule is CC(=O)c1cc2c(cc1NC(=O)CSc1nnnn1C1CCCC1)OCO2. The van der Waals surface area contributed by atoms with E-state index in [1.165, 1.54) is 31.5 Å². The number of amides is 1. The van der Waals surface area contributed by atoms with Crippen LogP contribution in [0.3, 0.4) is 0 Å². The number of hydrogen-bond acceptors (Lipinski definition) is 8. The molecule has 0 bridgehead atoms. The molecule has 0 unspecified atom stereocenters. The molecule has 1 aliphatic carbocycles. The zero-order chi connectivity index (χ0) is 18.8. The predicted octanol–water partition coefficient (Wildman–Crippen LogP) is 2.45. The molecule has 0 saturated heterocycles. The summed E-state index contributed by atoms with van der Waals surface area (Å²) in [5, 5.41) is 15.2. The molecule has 4 rings (SSSR count). The van der Waals surface area contributed by atoms with Crippen molar-refractivity contribution in [2.24, 2.45) is 0 Å². The van der Waals surface area contributed by atoms with Crippen LogP contribution in [-0.2, 0) is 4.79 Å². The van der Waals surface area contributed by atoms with Crippen molar-refractivity contribution in [2.75, 3.05) is 17.9 Å². The molecule has 1 amide bonds. The summed E-state index contributed by atoms with van der Waals surface area (Å²) in [6.07, 6.45) is 4.47. The maximum Gasteiger partial charge on any atom is 0.234 e. The van der Waals surface area contributed by atoms with E-state index in [1.54, 1.807) is 12.1 Å². The number of carbonyl (C=O) groups is 2. The van der Waals surface area contributed by atoms with Gasteiger partial charge in [0.25, 0.3) is 0 Å². The summed E-state index contributed by atoms with van der Waals surface area (Å²) in [6.45, 7) is 1.54. The van der Waals surface area contributed by atoms with Gasteiger partial charge in [-0.05, 0) is 36.3 Å². The second kappa shape index (κ2) is 7.55. The molecule has 0 atom stereocenters. The topological polar surface area (TPSA) is 108 Å². The van der Waals surface area contributed by atoms with Crippen LogP contribution in [0.5, 0.6) is 11.5 Å². The maximum atomic E-state index is 12.4. The lowest BCUT2D eigenvalue weighted by atomic mass is 10.1. The number of ether oxygens (including phenoxy) is 2. The largest absolute Gasteiger partial charge is 0.454 e. The van der Waals surface area contributed by atoms with Crippen molar-refractivity contribution in [3.05, 3.63) is 17.7 Å². The molecule has 2 aromatic rings. The van der Waals surface area contributed by atoms with Crippen LogP contribution in [-0.4, -0.2) is 44.4 Å². The van der Waals surface area contributed by atoms with E-state index in [1.807, 2.05) is 4.68 Å². The quantitative estimate of drug-likeness (QED) is 0.593. The number of ketones is 1. The smallest absolute Gasteiger partial charge is 0.234 e. The Bertz CT molecular complexity index is 878. The van der Waals surface area contributed by atoms with E-state index < -0.39 is 0 Å². The highest BCUT2D eigenvalue weighted by Gasteiger charge is 2.23. The summed E-state index contributed by atoms with van der Waals surface area (Å²) in [7, 11) is 0. The van der Waals surface area contributed by atoms with Gasteiger partial charge in [0.2, 0.25) is 17.9 Å². The van der Waals surface area contributed by atoms with Gasteiger partial charge in [-0.15, -0.1) is 5.10 Å². The van der Waals surface area contributed by atoms with Crippen LogP contribution in [0.25, 0.3) is 0 Å². The zero-order valence-electron chi connectivity index (χ0n) is 14.8. The Labute approximate surface area is 159 Å². The Morgan fingerprint density at radius 2 is 2.00 bits per heavy atom. The van der Waals surface area contributed by atoms with Crippen LogP contribution in [0.4, 0.5) is 5.69 Å². The van der Waals surface area contributed by atoms with Gasteiger partial charge >= 0.3 is 0 Å². The first-order valence-corrected chi connectivity index (χ1v) is 9.75. The van der Waals surface area contributed by atoms with Crippen LogP contribution in [0, 0.1) is 0 Å². The minimum Gasteiger partial charge on any atom is -0.454 e. The van der Waals surface area contributed by atoms with Gasteiger partial charge in [0, 0.05) is 11.6 Å². The van der Waals surface area contributed by atoms with Gasteiger partial charge in [0.1, 0.15) is 0 Å². The molecule has 142 valence electrons. The fraction of sp³-hybridized carbons (Fsp3) is 0.471. The first-order chi connectivity index (χ1) is 13.1. The zero-order valence-corrected chi connectivity index (χ0v) is 15.6. The van der Waals surface area contributed by atoms with Gasteiger partial charge < -0.3 is 14.8 Å². The summed E-state index contributed by atoms with van der Waals surface area (Å²) in [5.74, 6) is 0.735. The Hall–Kier alpha value is -2.62. The van der Waals surface area contributed by atoms with Gasteiger partial charge in [0.05, 0.1) is 17.5 Å². The molecule has 27 heavy (non-hydrogen) atoms. The van der Waals surface area contributed by atoms with E-state index in [0.29, 0.717) is 33.9 Å². The fourth-order valence-corrected chi connectivity index (χ4v) is 4.06. The molecule has 9 nitrogen and oxygen atoms in total. The van der Waals surface area contributed by atoms with Crippen molar-refractivity contribution in [1.82, 2.24) is 20.2 Å². The number of Topliss-reactive ketones (excluding diaryl/α,β-unsaturated/α-hetero) is 1. The Kier molecular flexibility index (Phi) is 4.97. The van der Waals surface area contributed by atoms with Crippen LogP contribution in [0.15, 0.2) is 17.3 Å². The lowest BCUT2D eigenvalue weighted by molar-refractivity contribution is -0.113. The molecular formula is C17H19N5O4S. The Balaban J connectivity index is 1.43. The number of nitrogens with one attached hydrogen (secondary N) is 1. The van der Waals surface area contributed by atoms with Gasteiger partial charge in [-0.1, -0.05) is 24.6 Å². The number of anilines is 1. The number of rotatable bonds is 6. The maximum absolute atomic E-state index is 12.4. The minimum atomic E-state index is -0.248. The van der Waals surface area contributed by atoms with Crippen molar-refractivity contribution in [1.29, 1.82) is 0 Å². The molecule has 2 aliphatic rings. The van der Waals surface area contributed by atoms with Crippen LogP contribution >= 0.6 is 11.8 Å². The molecule has 1 saturated carbocycles. The van der Waals surface area contributed by atoms with E-state index in [-0.39, 0.29) is 24.2 Å². The molecule has 1 aromatic carbocycles. The molecule has 1 fully saturated rings. The monoisotopic (exact) mass is 389 g/mol. The fourth-order valence-electron chi connectivity index (χ4n) is 3.31. The van der Waals surface area contributed by atoms with Crippen molar-refractivity contribution in [3.8, 4) is 11.5 Å². The van der Waals surface area contributed by atoms with Crippen LogP contribution in [0.1, 0.15) is 49.0 Å². The number of tetrazole rings is 1. The van der Waals surface area contributed by atoms with Crippen LogP contribution < -0.4 is 14.8 Å². The molecule has 0 spiro atoms. The molecule has 10 heteroatoms. The number of hydrogen-bond donors (Lipinski definition) is 1. The number of carbonyl (C=O) groups excluding carboxylic acids is 2. The summed E-state index contributed by atoms with van der Waals surface area (Å²) in [4.78, 5) is 24.3. The van der Waals surface area contributed by atoms with E-state index in [4.69, 9.17) is 9.47 Å². The van der Waals surface area contributed by atoms with E-state index >= 15 is 0 Å². The lowest BCUT2D eigenvalue weighted by Crippen LogP contribution is -2.17. The average Bonchev–Trinajstić information content (AvgIpc) is 3.38. The average molecular weight is 389 g/mol. The van der Waals surface area contributed by atoms with Gasteiger partial charge in [-0.3, -0.25) is 9.59 Å². The van der Waals surface area contributed by atoms with Crippen molar-refractivity contribution >= 4 is 29.1 Å². The third kappa shape index (κ3) is 3.75. The summed E-state index contributed by atoms with van der Waals surface area (Å²) < 4.78 is 12.4. The molecule has 1 aliphatic heterocycles. The third-order valence-corrected chi connectivity index (χ3v) is 5.57. The minimum absolute atomic E-state index is 0.101. The van der Waals surface area contributed by atoms with Crippen LogP contribution in [0.2, 0.25) is 0 Å². The Morgan fingerprint density at radius 3 is 2.74 bits per heavy atom. The molecule has 1 N–H and O–H groups in total. The number of fused-ring (bicyclic) bond motifs is 1. The molecule has 0 radical (unpaired) electrons. The number of thioether (sulfide) groups is 1. The number of benzene rings is 1. The highest BCUT2D eigenvalue weighted by atomic mass is 32.2. The Morgan fingerprint density at radius 1 is 1.26 bits per heavy atom. The van der Waals surface area contributed by atoms with Gasteiger partial charge in [0.15, 0.2) is 17.3 Å². The van der Waals surface area contributed by atoms with Gasteiger partial charge in [-0.25, -0.2) is 4.68 Å².